The molecule has 0 spiro atoms. The number of hydrogen-bond acceptors (Lipinski definition) is 6. The van der Waals surface area contributed by atoms with Crippen molar-refractivity contribution >= 4 is 39.3 Å². The van der Waals surface area contributed by atoms with E-state index in [1.807, 2.05) is 19.1 Å². The number of aryl methyl sites for hydroxylation is 1. The minimum Gasteiger partial charge on any atom is -0.402 e. The molecule has 0 amide bonds. The standard InChI is InChI=1S/C19H20N2O4S2/c1-4-21(5-2)27(23,24)16-8-6-7-14(11-16)18-20-17(19(22)25-18)12-15-10-9-13(3)26-15/h6-12H,4-5H2,1-3H3/b17-12-. The van der Waals surface area contributed by atoms with Crippen LogP contribution in [0.2, 0.25) is 0 Å². The van der Waals surface area contributed by atoms with Gasteiger partial charge >= 0.3 is 5.97 Å². The number of carbonyl (C=O) groups is 1. The average Bonchev–Trinajstić information content (AvgIpc) is 3.22. The molecule has 2 aromatic rings. The normalized spacial score (nSPS) is 16.1. The highest BCUT2D eigenvalue weighted by Crippen LogP contribution is 2.24. The summed E-state index contributed by atoms with van der Waals surface area (Å²) in [4.78, 5) is 18.6. The van der Waals surface area contributed by atoms with Crippen LogP contribution in [0.25, 0.3) is 6.08 Å². The lowest BCUT2D eigenvalue weighted by molar-refractivity contribution is -0.129. The summed E-state index contributed by atoms with van der Waals surface area (Å²) in [6.07, 6.45) is 1.67. The van der Waals surface area contributed by atoms with Crippen molar-refractivity contribution in [2.45, 2.75) is 25.7 Å². The van der Waals surface area contributed by atoms with Crippen LogP contribution in [-0.2, 0) is 19.6 Å². The number of rotatable bonds is 6. The van der Waals surface area contributed by atoms with Gasteiger partial charge in [0.25, 0.3) is 0 Å². The third kappa shape index (κ3) is 4.02. The third-order valence-electron chi connectivity index (χ3n) is 4.08. The molecule has 8 heteroatoms. The number of hydrogen-bond donors (Lipinski definition) is 0. The second-order valence-electron chi connectivity index (χ2n) is 5.90. The summed E-state index contributed by atoms with van der Waals surface area (Å²) >= 11 is 1.55. The quantitative estimate of drug-likeness (QED) is 0.546. The van der Waals surface area contributed by atoms with Gasteiger partial charge in [-0.3, -0.25) is 0 Å². The van der Waals surface area contributed by atoms with Gasteiger partial charge in [0.05, 0.1) is 4.90 Å². The molecule has 142 valence electrons. The largest absolute Gasteiger partial charge is 0.402 e. The van der Waals surface area contributed by atoms with Gasteiger partial charge in [-0.15, -0.1) is 11.3 Å². The molecule has 6 nitrogen and oxygen atoms in total. The number of sulfonamides is 1. The molecule has 27 heavy (non-hydrogen) atoms. The van der Waals surface area contributed by atoms with Gasteiger partial charge < -0.3 is 4.74 Å². The second-order valence-corrected chi connectivity index (χ2v) is 9.16. The van der Waals surface area contributed by atoms with Gasteiger partial charge in [0.2, 0.25) is 15.9 Å². The topological polar surface area (TPSA) is 76.0 Å². The average molecular weight is 405 g/mol. The molecule has 1 aliphatic heterocycles. The molecule has 1 aromatic carbocycles. The van der Waals surface area contributed by atoms with E-state index in [1.165, 1.54) is 16.4 Å². The molecule has 0 atom stereocenters. The van der Waals surface area contributed by atoms with E-state index in [0.717, 1.165) is 9.75 Å². The Kier molecular flexibility index (Phi) is 5.59. The Morgan fingerprint density at radius 1 is 1.19 bits per heavy atom. The summed E-state index contributed by atoms with van der Waals surface area (Å²) < 4.78 is 32.0. The first-order valence-electron chi connectivity index (χ1n) is 8.54. The maximum absolute atomic E-state index is 12.7. The minimum atomic E-state index is -3.60. The molecule has 0 bridgehead atoms. The Morgan fingerprint density at radius 3 is 2.56 bits per heavy atom. The van der Waals surface area contributed by atoms with Crippen LogP contribution in [0.1, 0.15) is 29.2 Å². The fourth-order valence-corrected chi connectivity index (χ4v) is 5.02. The lowest BCUT2D eigenvalue weighted by Gasteiger charge is -2.18. The van der Waals surface area contributed by atoms with Crippen LogP contribution in [0.4, 0.5) is 0 Å². The van der Waals surface area contributed by atoms with Gasteiger partial charge in [0, 0.05) is 28.4 Å². The Hall–Kier alpha value is -2.29. The number of carbonyl (C=O) groups excluding carboxylic acids is 1. The van der Waals surface area contributed by atoms with E-state index in [-0.39, 0.29) is 16.5 Å². The number of nitrogens with zero attached hydrogens (tertiary/aromatic N) is 2. The van der Waals surface area contributed by atoms with Crippen molar-refractivity contribution in [2.75, 3.05) is 13.1 Å². The van der Waals surface area contributed by atoms with Crippen LogP contribution < -0.4 is 0 Å². The smallest absolute Gasteiger partial charge is 0.363 e. The van der Waals surface area contributed by atoms with Gasteiger partial charge in [0.1, 0.15) is 0 Å². The van der Waals surface area contributed by atoms with Crippen LogP contribution in [0, 0.1) is 6.92 Å². The van der Waals surface area contributed by atoms with Crippen LogP contribution in [0.15, 0.2) is 52.0 Å². The number of benzene rings is 1. The summed E-state index contributed by atoms with van der Waals surface area (Å²) in [5.41, 5.74) is 0.645. The first kappa shape index (κ1) is 19.5. The molecule has 0 saturated heterocycles. The summed E-state index contributed by atoms with van der Waals surface area (Å²) in [6, 6.07) is 10.2. The lowest BCUT2D eigenvalue weighted by atomic mass is 10.2. The highest BCUT2D eigenvalue weighted by atomic mass is 32.2. The summed E-state index contributed by atoms with van der Waals surface area (Å²) in [7, 11) is -3.60. The van der Waals surface area contributed by atoms with Crippen molar-refractivity contribution in [3.05, 3.63) is 57.4 Å². The first-order valence-corrected chi connectivity index (χ1v) is 10.8. The molecule has 3 rings (SSSR count). The van der Waals surface area contributed by atoms with E-state index in [9.17, 15) is 13.2 Å². The van der Waals surface area contributed by atoms with E-state index in [4.69, 9.17) is 4.74 Å². The Bertz CT molecular complexity index is 1030. The Balaban J connectivity index is 1.95. The van der Waals surface area contributed by atoms with Crippen LogP contribution in [0.5, 0.6) is 0 Å². The number of esters is 1. The van der Waals surface area contributed by atoms with Crippen molar-refractivity contribution in [3.8, 4) is 0 Å². The van der Waals surface area contributed by atoms with Crippen molar-refractivity contribution in [3.63, 3.8) is 0 Å². The van der Waals surface area contributed by atoms with Gasteiger partial charge in [-0.1, -0.05) is 19.9 Å². The maximum atomic E-state index is 12.7. The maximum Gasteiger partial charge on any atom is 0.363 e. The number of cyclic esters (lactones) is 1. The fourth-order valence-electron chi connectivity index (χ4n) is 2.70. The molecule has 0 unspecified atom stereocenters. The zero-order valence-electron chi connectivity index (χ0n) is 15.3. The van der Waals surface area contributed by atoms with Crippen molar-refractivity contribution in [2.24, 2.45) is 4.99 Å². The SMILES string of the molecule is CCN(CC)S(=O)(=O)c1cccc(C2=N/C(=C\c3ccc(C)s3)C(=O)O2)c1. The van der Waals surface area contributed by atoms with Crippen molar-refractivity contribution in [1.82, 2.24) is 4.31 Å². The molecule has 0 N–H and O–H groups in total. The van der Waals surface area contributed by atoms with Crippen LogP contribution in [-0.4, -0.2) is 37.7 Å². The highest BCUT2D eigenvalue weighted by Gasteiger charge is 2.27. The van der Waals surface area contributed by atoms with E-state index >= 15 is 0 Å². The first-order chi connectivity index (χ1) is 12.8. The highest BCUT2D eigenvalue weighted by molar-refractivity contribution is 7.89. The van der Waals surface area contributed by atoms with Crippen molar-refractivity contribution in [1.29, 1.82) is 0 Å². The summed E-state index contributed by atoms with van der Waals surface area (Å²) in [5, 5.41) is 0. The molecule has 0 saturated carbocycles. The second kappa shape index (κ2) is 7.75. The molecule has 0 fully saturated rings. The van der Waals surface area contributed by atoms with E-state index in [0.29, 0.717) is 18.7 Å². The molecular formula is C19H20N2O4S2. The van der Waals surface area contributed by atoms with E-state index in [1.54, 1.807) is 43.4 Å². The van der Waals surface area contributed by atoms with Crippen LogP contribution in [0.3, 0.4) is 0 Å². The minimum absolute atomic E-state index is 0.108. The molecule has 1 aliphatic rings. The lowest BCUT2D eigenvalue weighted by Crippen LogP contribution is -2.30. The predicted octanol–water partition coefficient (Wildman–Crippen LogP) is 3.43. The van der Waals surface area contributed by atoms with Crippen LogP contribution >= 0.6 is 11.3 Å². The molecular weight excluding hydrogens is 384 g/mol. The summed E-state index contributed by atoms with van der Waals surface area (Å²) in [6.45, 7) is 6.32. The third-order valence-corrected chi connectivity index (χ3v) is 7.08. The number of thiophene rings is 1. The Labute approximate surface area is 162 Å². The molecule has 0 radical (unpaired) electrons. The van der Waals surface area contributed by atoms with E-state index in [2.05, 4.69) is 4.99 Å². The molecule has 0 aliphatic carbocycles. The zero-order valence-corrected chi connectivity index (χ0v) is 16.9. The fraction of sp³-hybridized carbons (Fsp3) is 0.263. The Morgan fingerprint density at radius 2 is 1.93 bits per heavy atom. The number of aliphatic imine (C=N–C) groups is 1. The van der Waals surface area contributed by atoms with Gasteiger partial charge in [0.15, 0.2) is 5.70 Å². The zero-order chi connectivity index (χ0) is 19.6. The summed E-state index contributed by atoms with van der Waals surface area (Å²) in [5.74, 6) is -0.441. The van der Waals surface area contributed by atoms with Gasteiger partial charge in [-0.2, -0.15) is 4.31 Å². The monoisotopic (exact) mass is 404 g/mol. The van der Waals surface area contributed by atoms with Gasteiger partial charge in [-0.05, 0) is 43.3 Å². The number of ether oxygens (including phenoxy) is 1. The molecule has 1 aromatic heterocycles. The van der Waals surface area contributed by atoms with Gasteiger partial charge in [-0.25, -0.2) is 18.2 Å². The van der Waals surface area contributed by atoms with E-state index < -0.39 is 16.0 Å². The van der Waals surface area contributed by atoms with Crippen molar-refractivity contribution < 1.29 is 17.9 Å². The predicted molar refractivity (Wildman–Crippen MR) is 106 cm³/mol. The molecule has 2 heterocycles.